The van der Waals surface area contributed by atoms with Crippen LogP contribution in [0.25, 0.3) is 11.2 Å². The first kappa shape index (κ1) is 12.6. The number of rotatable bonds is 2. The highest BCUT2D eigenvalue weighted by Gasteiger charge is 2.22. The number of aromatic nitrogens is 4. The van der Waals surface area contributed by atoms with Crippen LogP contribution >= 0.6 is 0 Å². The summed E-state index contributed by atoms with van der Waals surface area (Å²) in [4.78, 5) is 28.7. The third-order valence-corrected chi connectivity index (χ3v) is 3.51. The standard InChI is InChI=1S/C12H17N7O/c1-7(20)19-4-2-3-8(5-19)16-11-9-10(15-6-14-9)17-12(13)18-11/h6,8H,2-5H2,1H3,(H4,13,14,15,16,17,18)/t8-/m0/s1. The van der Waals surface area contributed by atoms with Gasteiger partial charge in [0.05, 0.1) is 6.33 Å². The van der Waals surface area contributed by atoms with Gasteiger partial charge in [-0.1, -0.05) is 0 Å². The quantitative estimate of drug-likeness (QED) is 0.729. The van der Waals surface area contributed by atoms with E-state index in [1.165, 1.54) is 0 Å². The number of piperidine rings is 1. The van der Waals surface area contributed by atoms with E-state index in [1.807, 2.05) is 4.90 Å². The number of H-pyrrole nitrogens is 1. The largest absolute Gasteiger partial charge is 0.368 e. The van der Waals surface area contributed by atoms with Gasteiger partial charge in [0.15, 0.2) is 11.5 Å². The highest BCUT2D eigenvalue weighted by atomic mass is 16.2. The van der Waals surface area contributed by atoms with Crippen molar-refractivity contribution in [3.8, 4) is 0 Å². The van der Waals surface area contributed by atoms with E-state index in [1.54, 1.807) is 13.3 Å². The molecule has 8 heteroatoms. The Morgan fingerprint density at radius 2 is 2.40 bits per heavy atom. The van der Waals surface area contributed by atoms with Crippen LogP contribution in [-0.2, 0) is 4.79 Å². The molecule has 0 saturated carbocycles. The first-order valence-corrected chi connectivity index (χ1v) is 6.62. The van der Waals surface area contributed by atoms with Gasteiger partial charge in [-0.15, -0.1) is 0 Å². The molecule has 3 rings (SSSR count). The summed E-state index contributed by atoms with van der Waals surface area (Å²) in [5.74, 6) is 0.928. The summed E-state index contributed by atoms with van der Waals surface area (Å²) in [6.45, 7) is 3.09. The molecule has 2 aromatic heterocycles. The summed E-state index contributed by atoms with van der Waals surface area (Å²) in [6, 6.07) is 0.161. The molecule has 0 aromatic carbocycles. The first-order chi connectivity index (χ1) is 9.63. The van der Waals surface area contributed by atoms with E-state index in [0.29, 0.717) is 18.0 Å². The maximum absolute atomic E-state index is 11.5. The minimum absolute atomic E-state index is 0.102. The minimum atomic E-state index is 0.102. The Morgan fingerprint density at radius 1 is 1.55 bits per heavy atom. The van der Waals surface area contributed by atoms with Crippen molar-refractivity contribution in [2.75, 3.05) is 24.1 Å². The molecule has 3 heterocycles. The second kappa shape index (κ2) is 4.95. The Bertz CT molecular complexity index is 638. The number of nitrogens with one attached hydrogen (secondary N) is 2. The number of aromatic amines is 1. The number of anilines is 2. The van der Waals surface area contributed by atoms with E-state index in [-0.39, 0.29) is 17.9 Å². The smallest absolute Gasteiger partial charge is 0.224 e. The molecule has 0 aliphatic carbocycles. The van der Waals surface area contributed by atoms with E-state index in [0.717, 1.165) is 24.9 Å². The predicted molar refractivity (Wildman–Crippen MR) is 75.0 cm³/mol. The topological polar surface area (TPSA) is 113 Å². The highest BCUT2D eigenvalue weighted by molar-refractivity contribution is 5.83. The Labute approximate surface area is 115 Å². The van der Waals surface area contributed by atoms with Crippen LogP contribution in [0.1, 0.15) is 19.8 Å². The second-order valence-electron chi connectivity index (χ2n) is 4.98. The molecule has 20 heavy (non-hydrogen) atoms. The number of hydrogen-bond acceptors (Lipinski definition) is 6. The molecular weight excluding hydrogens is 258 g/mol. The van der Waals surface area contributed by atoms with Gasteiger partial charge in [-0.05, 0) is 12.8 Å². The Kier molecular flexibility index (Phi) is 3.13. The molecule has 0 radical (unpaired) electrons. The van der Waals surface area contributed by atoms with E-state index in [4.69, 9.17) is 5.73 Å². The normalized spacial score (nSPS) is 19.2. The minimum Gasteiger partial charge on any atom is -0.368 e. The van der Waals surface area contributed by atoms with E-state index in [2.05, 4.69) is 25.3 Å². The lowest BCUT2D eigenvalue weighted by Gasteiger charge is -2.32. The third kappa shape index (κ3) is 2.36. The number of fused-ring (bicyclic) bond motifs is 1. The van der Waals surface area contributed by atoms with E-state index < -0.39 is 0 Å². The van der Waals surface area contributed by atoms with Crippen molar-refractivity contribution in [3.63, 3.8) is 0 Å². The number of nitrogens with two attached hydrogens (primary N) is 1. The zero-order chi connectivity index (χ0) is 14.1. The molecule has 1 amide bonds. The average Bonchev–Trinajstić information content (AvgIpc) is 2.87. The number of hydrogen-bond donors (Lipinski definition) is 3. The number of amides is 1. The van der Waals surface area contributed by atoms with Crippen LogP contribution in [0, 0.1) is 0 Å². The van der Waals surface area contributed by atoms with Crippen molar-refractivity contribution >= 4 is 28.8 Å². The van der Waals surface area contributed by atoms with Gasteiger partial charge in [-0.25, -0.2) is 4.98 Å². The third-order valence-electron chi connectivity index (χ3n) is 3.51. The van der Waals surface area contributed by atoms with Crippen LogP contribution in [0.3, 0.4) is 0 Å². The Hall–Kier alpha value is -2.38. The van der Waals surface area contributed by atoms with E-state index >= 15 is 0 Å². The van der Waals surface area contributed by atoms with Crippen LogP contribution in [0.5, 0.6) is 0 Å². The molecule has 4 N–H and O–H groups in total. The van der Waals surface area contributed by atoms with Gasteiger partial charge < -0.3 is 20.9 Å². The van der Waals surface area contributed by atoms with Gasteiger partial charge >= 0.3 is 0 Å². The highest BCUT2D eigenvalue weighted by Crippen LogP contribution is 2.21. The summed E-state index contributed by atoms with van der Waals surface area (Å²) in [5.41, 5.74) is 6.96. The summed E-state index contributed by atoms with van der Waals surface area (Å²) < 4.78 is 0. The molecule has 2 aromatic rings. The molecule has 8 nitrogen and oxygen atoms in total. The van der Waals surface area contributed by atoms with Crippen LogP contribution < -0.4 is 11.1 Å². The van der Waals surface area contributed by atoms with Gasteiger partial charge in [-0.3, -0.25) is 4.79 Å². The van der Waals surface area contributed by atoms with Crippen LogP contribution in [-0.4, -0.2) is 49.9 Å². The molecule has 106 valence electrons. The predicted octanol–water partition coefficient (Wildman–Crippen LogP) is 0.358. The summed E-state index contributed by atoms with van der Waals surface area (Å²) in [5, 5.41) is 3.34. The molecule has 1 aliphatic rings. The summed E-state index contributed by atoms with van der Waals surface area (Å²) >= 11 is 0. The fraction of sp³-hybridized carbons (Fsp3) is 0.500. The van der Waals surface area contributed by atoms with Gasteiger partial charge in [0.2, 0.25) is 11.9 Å². The number of carbonyl (C=O) groups excluding carboxylic acids is 1. The van der Waals surface area contributed by atoms with Crippen molar-refractivity contribution < 1.29 is 4.79 Å². The van der Waals surface area contributed by atoms with Crippen molar-refractivity contribution in [2.24, 2.45) is 0 Å². The molecule has 1 atom stereocenters. The van der Waals surface area contributed by atoms with Crippen LogP contribution in [0.4, 0.5) is 11.8 Å². The fourth-order valence-corrected chi connectivity index (χ4v) is 2.53. The van der Waals surface area contributed by atoms with Gasteiger partial charge in [0, 0.05) is 26.1 Å². The lowest BCUT2D eigenvalue weighted by molar-refractivity contribution is -0.129. The SMILES string of the molecule is CC(=O)N1CCC[C@H](Nc2nc(N)nc3nc[nH]c23)C1. The first-order valence-electron chi connectivity index (χ1n) is 6.62. The zero-order valence-corrected chi connectivity index (χ0v) is 11.3. The second-order valence-corrected chi connectivity index (χ2v) is 4.98. The molecule has 1 fully saturated rings. The molecule has 0 unspecified atom stereocenters. The lowest BCUT2D eigenvalue weighted by atomic mass is 10.1. The van der Waals surface area contributed by atoms with E-state index in [9.17, 15) is 4.79 Å². The summed E-state index contributed by atoms with van der Waals surface area (Å²) in [6.07, 6.45) is 3.53. The number of nitrogen functional groups attached to an aromatic ring is 1. The van der Waals surface area contributed by atoms with Crippen molar-refractivity contribution in [3.05, 3.63) is 6.33 Å². The number of nitrogens with zero attached hydrogens (tertiary/aromatic N) is 4. The van der Waals surface area contributed by atoms with Gasteiger partial charge in [0.1, 0.15) is 5.52 Å². The number of imidazole rings is 1. The lowest BCUT2D eigenvalue weighted by Crippen LogP contribution is -2.44. The van der Waals surface area contributed by atoms with Crippen molar-refractivity contribution in [1.29, 1.82) is 0 Å². The summed E-state index contributed by atoms with van der Waals surface area (Å²) in [7, 11) is 0. The Balaban J connectivity index is 1.82. The molecule has 1 saturated heterocycles. The van der Waals surface area contributed by atoms with Crippen molar-refractivity contribution in [1.82, 2.24) is 24.8 Å². The maximum Gasteiger partial charge on any atom is 0.224 e. The number of likely N-dealkylation sites (tertiary alicyclic amines) is 1. The fourth-order valence-electron chi connectivity index (χ4n) is 2.53. The van der Waals surface area contributed by atoms with Crippen LogP contribution in [0.15, 0.2) is 6.33 Å². The molecular formula is C12H17N7O. The Morgan fingerprint density at radius 3 is 3.20 bits per heavy atom. The molecule has 0 bridgehead atoms. The number of carbonyl (C=O) groups is 1. The van der Waals surface area contributed by atoms with Gasteiger partial charge in [-0.2, -0.15) is 9.97 Å². The molecule has 0 spiro atoms. The molecule has 1 aliphatic heterocycles. The average molecular weight is 275 g/mol. The van der Waals surface area contributed by atoms with Crippen LogP contribution in [0.2, 0.25) is 0 Å². The van der Waals surface area contributed by atoms with Crippen molar-refractivity contribution in [2.45, 2.75) is 25.8 Å². The zero-order valence-electron chi connectivity index (χ0n) is 11.3. The monoisotopic (exact) mass is 275 g/mol. The van der Waals surface area contributed by atoms with Gasteiger partial charge in [0.25, 0.3) is 0 Å². The maximum atomic E-state index is 11.5.